The summed E-state index contributed by atoms with van der Waals surface area (Å²) in [6.45, 7) is 3.46. The third-order valence-electron chi connectivity index (χ3n) is 3.63. The maximum Gasteiger partial charge on any atom is 0.161 e. The number of hydrogen-bond acceptors (Lipinski definition) is 5. The van der Waals surface area contributed by atoms with Crippen molar-refractivity contribution in [1.82, 2.24) is 5.32 Å². The molecule has 5 heteroatoms. The van der Waals surface area contributed by atoms with Gasteiger partial charge in [0.25, 0.3) is 0 Å². The van der Waals surface area contributed by atoms with E-state index in [0.717, 1.165) is 23.5 Å². The molecule has 20 heavy (non-hydrogen) atoms. The first kappa shape index (κ1) is 13.7. The molecular formula is C15H21NO4. The molecule has 1 aromatic rings. The Bertz CT molecular complexity index is 447. The Morgan fingerprint density at radius 3 is 2.75 bits per heavy atom. The second-order valence-corrected chi connectivity index (χ2v) is 5.09. The standard InChI is InChI=1S/C15H21NO4/c1-16-13(10-20-12-8-17-9-12)11-3-4-14-15(7-11)19-6-2-5-18-14/h3-4,7,12-13,16H,2,5-6,8-10H2,1H3. The number of ether oxygens (including phenoxy) is 4. The molecular weight excluding hydrogens is 258 g/mol. The fourth-order valence-electron chi connectivity index (χ4n) is 2.29. The van der Waals surface area contributed by atoms with Crippen LogP contribution in [-0.4, -0.2) is 46.2 Å². The fourth-order valence-corrected chi connectivity index (χ4v) is 2.29. The molecule has 0 aliphatic carbocycles. The van der Waals surface area contributed by atoms with Gasteiger partial charge in [-0.3, -0.25) is 0 Å². The van der Waals surface area contributed by atoms with E-state index in [1.54, 1.807) is 0 Å². The van der Waals surface area contributed by atoms with Crippen molar-refractivity contribution >= 4 is 0 Å². The molecule has 0 saturated carbocycles. The number of nitrogens with one attached hydrogen (secondary N) is 1. The van der Waals surface area contributed by atoms with Gasteiger partial charge in [0.2, 0.25) is 0 Å². The molecule has 1 aromatic carbocycles. The van der Waals surface area contributed by atoms with Crippen molar-refractivity contribution in [2.45, 2.75) is 18.6 Å². The summed E-state index contributed by atoms with van der Waals surface area (Å²) >= 11 is 0. The Hall–Kier alpha value is -1.30. The van der Waals surface area contributed by atoms with Gasteiger partial charge in [-0.25, -0.2) is 0 Å². The van der Waals surface area contributed by atoms with E-state index in [4.69, 9.17) is 18.9 Å². The molecule has 1 saturated heterocycles. The van der Waals surface area contributed by atoms with Crippen LogP contribution in [0.5, 0.6) is 11.5 Å². The predicted molar refractivity (Wildman–Crippen MR) is 74.4 cm³/mol. The van der Waals surface area contributed by atoms with Gasteiger partial charge in [0.1, 0.15) is 6.10 Å². The summed E-state index contributed by atoms with van der Waals surface area (Å²) in [5.41, 5.74) is 1.15. The smallest absolute Gasteiger partial charge is 0.161 e. The van der Waals surface area contributed by atoms with Crippen LogP contribution in [-0.2, 0) is 9.47 Å². The van der Waals surface area contributed by atoms with E-state index in [0.29, 0.717) is 33.0 Å². The minimum Gasteiger partial charge on any atom is -0.490 e. The second kappa shape index (κ2) is 6.43. The summed E-state index contributed by atoms with van der Waals surface area (Å²) in [5, 5.41) is 3.28. The zero-order valence-electron chi connectivity index (χ0n) is 11.8. The Morgan fingerprint density at radius 2 is 2.05 bits per heavy atom. The van der Waals surface area contributed by atoms with Crippen molar-refractivity contribution in [3.05, 3.63) is 23.8 Å². The van der Waals surface area contributed by atoms with Crippen molar-refractivity contribution in [3.8, 4) is 11.5 Å². The molecule has 0 radical (unpaired) electrons. The molecule has 2 aliphatic heterocycles. The molecule has 5 nitrogen and oxygen atoms in total. The topological polar surface area (TPSA) is 49.0 Å². The van der Waals surface area contributed by atoms with Crippen molar-refractivity contribution in [2.24, 2.45) is 0 Å². The Labute approximate surface area is 119 Å². The highest BCUT2D eigenvalue weighted by atomic mass is 16.6. The normalized spacial score (nSPS) is 20.1. The van der Waals surface area contributed by atoms with Crippen molar-refractivity contribution in [3.63, 3.8) is 0 Å². The van der Waals surface area contributed by atoms with Crippen LogP contribution in [0.1, 0.15) is 18.0 Å². The van der Waals surface area contributed by atoms with Gasteiger partial charge in [-0.1, -0.05) is 6.07 Å². The highest BCUT2D eigenvalue weighted by molar-refractivity contribution is 5.44. The quantitative estimate of drug-likeness (QED) is 0.885. The number of hydrogen-bond donors (Lipinski definition) is 1. The van der Waals surface area contributed by atoms with E-state index in [1.165, 1.54) is 0 Å². The van der Waals surface area contributed by atoms with Crippen LogP contribution in [0.3, 0.4) is 0 Å². The molecule has 1 fully saturated rings. The van der Waals surface area contributed by atoms with E-state index in [-0.39, 0.29) is 12.1 Å². The van der Waals surface area contributed by atoms with Gasteiger partial charge in [-0.05, 0) is 24.7 Å². The maximum atomic E-state index is 5.79. The summed E-state index contributed by atoms with van der Waals surface area (Å²) in [7, 11) is 1.94. The predicted octanol–water partition coefficient (Wildman–Crippen LogP) is 1.52. The number of likely N-dealkylation sites (N-methyl/N-ethyl adjacent to an activating group) is 1. The van der Waals surface area contributed by atoms with Gasteiger partial charge < -0.3 is 24.3 Å². The largest absolute Gasteiger partial charge is 0.490 e. The van der Waals surface area contributed by atoms with Gasteiger partial charge >= 0.3 is 0 Å². The highest BCUT2D eigenvalue weighted by Crippen LogP contribution is 2.32. The summed E-state index contributed by atoms with van der Waals surface area (Å²) in [6, 6.07) is 6.23. The van der Waals surface area contributed by atoms with Crippen LogP contribution in [0.15, 0.2) is 18.2 Å². The maximum absolute atomic E-state index is 5.79. The number of rotatable bonds is 5. The third-order valence-corrected chi connectivity index (χ3v) is 3.63. The van der Waals surface area contributed by atoms with E-state index in [1.807, 2.05) is 19.2 Å². The number of fused-ring (bicyclic) bond motifs is 1. The molecule has 2 heterocycles. The van der Waals surface area contributed by atoms with Crippen LogP contribution in [0.25, 0.3) is 0 Å². The fraction of sp³-hybridized carbons (Fsp3) is 0.600. The molecule has 3 rings (SSSR count). The molecule has 2 aliphatic rings. The first-order chi connectivity index (χ1) is 9.86. The van der Waals surface area contributed by atoms with Crippen molar-refractivity contribution < 1.29 is 18.9 Å². The first-order valence-electron chi connectivity index (χ1n) is 7.13. The van der Waals surface area contributed by atoms with Gasteiger partial charge in [-0.15, -0.1) is 0 Å². The van der Waals surface area contributed by atoms with Crippen molar-refractivity contribution in [1.29, 1.82) is 0 Å². The van der Waals surface area contributed by atoms with Crippen LogP contribution >= 0.6 is 0 Å². The van der Waals surface area contributed by atoms with E-state index in [2.05, 4.69) is 11.4 Å². The lowest BCUT2D eigenvalue weighted by atomic mass is 10.1. The minimum absolute atomic E-state index is 0.146. The van der Waals surface area contributed by atoms with E-state index >= 15 is 0 Å². The first-order valence-corrected chi connectivity index (χ1v) is 7.13. The van der Waals surface area contributed by atoms with E-state index in [9.17, 15) is 0 Å². The average molecular weight is 279 g/mol. The lowest BCUT2D eigenvalue weighted by Gasteiger charge is -2.28. The molecule has 0 spiro atoms. The number of benzene rings is 1. The summed E-state index contributed by atoms with van der Waals surface area (Å²) in [4.78, 5) is 0. The lowest BCUT2D eigenvalue weighted by molar-refractivity contribution is -0.133. The Balaban J connectivity index is 1.68. The SMILES string of the molecule is CNC(COC1COC1)c1ccc2c(c1)OCCCO2. The van der Waals surface area contributed by atoms with Gasteiger partial charge in [0, 0.05) is 6.42 Å². The molecule has 0 amide bonds. The van der Waals surface area contributed by atoms with Crippen LogP contribution in [0.2, 0.25) is 0 Å². The summed E-state index contributed by atoms with van der Waals surface area (Å²) < 4.78 is 22.3. The van der Waals surface area contributed by atoms with Gasteiger partial charge in [0.05, 0.1) is 39.1 Å². The van der Waals surface area contributed by atoms with Gasteiger partial charge in [0.15, 0.2) is 11.5 Å². The minimum atomic E-state index is 0.146. The van der Waals surface area contributed by atoms with Crippen molar-refractivity contribution in [2.75, 3.05) is 40.1 Å². The molecule has 110 valence electrons. The lowest BCUT2D eigenvalue weighted by Crippen LogP contribution is -2.38. The van der Waals surface area contributed by atoms with Crippen LogP contribution in [0, 0.1) is 0 Å². The second-order valence-electron chi connectivity index (χ2n) is 5.09. The average Bonchev–Trinajstić information content (AvgIpc) is 2.66. The summed E-state index contributed by atoms with van der Waals surface area (Å²) in [6.07, 6.45) is 1.16. The molecule has 1 unspecified atom stereocenters. The monoisotopic (exact) mass is 279 g/mol. The van der Waals surface area contributed by atoms with E-state index < -0.39 is 0 Å². The molecule has 1 atom stereocenters. The van der Waals surface area contributed by atoms with Crippen LogP contribution < -0.4 is 14.8 Å². The Kier molecular flexibility index (Phi) is 4.40. The zero-order chi connectivity index (χ0) is 13.8. The van der Waals surface area contributed by atoms with Crippen LogP contribution in [0.4, 0.5) is 0 Å². The summed E-state index contributed by atoms with van der Waals surface area (Å²) in [5.74, 6) is 1.65. The molecule has 1 N–H and O–H groups in total. The third kappa shape index (κ3) is 3.06. The molecule has 0 aromatic heterocycles. The molecule has 0 bridgehead atoms. The van der Waals surface area contributed by atoms with Gasteiger partial charge in [-0.2, -0.15) is 0 Å². The highest BCUT2D eigenvalue weighted by Gasteiger charge is 2.21. The zero-order valence-corrected chi connectivity index (χ0v) is 11.8. The Morgan fingerprint density at radius 1 is 1.25 bits per heavy atom.